The van der Waals surface area contributed by atoms with Gasteiger partial charge in [0.15, 0.2) is 0 Å². The van der Waals surface area contributed by atoms with Gasteiger partial charge < -0.3 is 19.9 Å². The fourth-order valence-corrected chi connectivity index (χ4v) is 5.17. The molecule has 0 bridgehead atoms. The summed E-state index contributed by atoms with van der Waals surface area (Å²) in [5.74, 6) is 1.29. The Kier molecular flexibility index (Phi) is 8.08. The number of piperidine rings is 1. The minimum Gasteiger partial charge on any atom is -0.378 e. The van der Waals surface area contributed by atoms with Crippen molar-refractivity contribution in [2.75, 3.05) is 49.6 Å². The average molecular weight is 496 g/mol. The predicted molar refractivity (Wildman–Crippen MR) is 140 cm³/mol. The van der Waals surface area contributed by atoms with Crippen LogP contribution < -0.4 is 15.8 Å². The number of morpholine rings is 1. The van der Waals surface area contributed by atoms with Gasteiger partial charge in [-0.1, -0.05) is 19.9 Å². The van der Waals surface area contributed by atoms with Crippen molar-refractivity contribution < 1.29 is 14.3 Å². The molecule has 1 aromatic carbocycles. The van der Waals surface area contributed by atoms with Crippen LogP contribution in [0.5, 0.6) is 0 Å². The smallest absolute Gasteiger partial charge is 0.255 e. The second kappa shape index (κ2) is 11.2. The number of aryl methyl sites for hydroxylation is 2. The van der Waals surface area contributed by atoms with Gasteiger partial charge in [0.05, 0.1) is 13.2 Å². The summed E-state index contributed by atoms with van der Waals surface area (Å²) < 4.78 is 5.36. The number of H-pyrrole nitrogens is 1. The van der Waals surface area contributed by atoms with Crippen molar-refractivity contribution in [2.45, 2.75) is 47.0 Å². The zero-order valence-electron chi connectivity index (χ0n) is 21.7. The van der Waals surface area contributed by atoms with Gasteiger partial charge in [-0.05, 0) is 56.2 Å². The summed E-state index contributed by atoms with van der Waals surface area (Å²) in [6, 6.07) is 5.45. The van der Waals surface area contributed by atoms with Crippen LogP contribution >= 0.6 is 0 Å². The van der Waals surface area contributed by atoms with Crippen molar-refractivity contribution in [3.8, 4) is 0 Å². The number of aromatic nitrogens is 2. The van der Waals surface area contributed by atoms with Crippen LogP contribution in [0.25, 0.3) is 0 Å². The first-order valence-electron chi connectivity index (χ1n) is 12.8. The van der Waals surface area contributed by atoms with E-state index in [1.807, 2.05) is 28.9 Å². The third kappa shape index (κ3) is 6.13. The van der Waals surface area contributed by atoms with E-state index < -0.39 is 0 Å². The van der Waals surface area contributed by atoms with Crippen LogP contribution in [0.1, 0.15) is 53.9 Å². The molecule has 2 aromatic rings. The fraction of sp³-hybridized carbons (Fsp3) is 0.556. The van der Waals surface area contributed by atoms with Gasteiger partial charge in [-0.15, -0.1) is 0 Å². The van der Waals surface area contributed by atoms with Crippen LogP contribution in [-0.2, 0) is 16.0 Å². The van der Waals surface area contributed by atoms with E-state index in [1.54, 1.807) is 13.0 Å². The lowest BCUT2D eigenvalue weighted by atomic mass is 9.91. The third-order valence-electron chi connectivity index (χ3n) is 7.04. The maximum absolute atomic E-state index is 13.1. The summed E-state index contributed by atoms with van der Waals surface area (Å²) in [6.45, 7) is 12.1. The van der Waals surface area contributed by atoms with Gasteiger partial charge in [0.2, 0.25) is 11.9 Å². The van der Waals surface area contributed by atoms with E-state index in [0.29, 0.717) is 66.6 Å². The Morgan fingerprint density at radius 3 is 2.50 bits per heavy atom. The maximum atomic E-state index is 13.1. The number of anilines is 2. The topological polar surface area (TPSA) is 108 Å². The SMILES string of the molecule is Cc1ccc(C(=O)N2CC(C)CC(C)C2)cc1NC(=O)CCc1c(C)nc(N2CCOCC2)[nH]c1=O. The number of likely N-dealkylation sites (tertiary alicyclic amines) is 1. The molecule has 2 aliphatic heterocycles. The highest BCUT2D eigenvalue weighted by molar-refractivity contribution is 5.98. The maximum Gasteiger partial charge on any atom is 0.255 e. The molecular weight excluding hydrogens is 458 g/mol. The summed E-state index contributed by atoms with van der Waals surface area (Å²) in [4.78, 5) is 50.0. The molecule has 2 unspecified atom stereocenters. The Morgan fingerprint density at radius 1 is 1.14 bits per heavy atom. The number of carbonyl (C=O) groups is 2. The quantitative estimate of drug-likeness (QED) is 0.638. The Balaban J connectivity index is 1.40. The van der Waals surface area contributed by atoms with Gasteiger partial charge in [0.1, 0.15) is 0 Å². The summed E-state index contributed by atoms with van der Waals surface area (Å²) in [5, 5.41) is 2.93. The predicted octanol–water partition coefficient (Wildman–Crippen LogP) is 2.91. The lowest BCUT2D eigenvalue weighted by molar-refractivity contribution is -0.116. The number of nitrogens with zero attached hydrogens (tertiary/aromatic N) is 3. The van der Waals surface area contributed by atoms with Crippen molar-refractivity contribution >= 4 is 23.5 Å². The van der Waals surface area contributed by atoms with Crippen molar-refractivity contribution in [2.24, 2.45) is 11.8 Å². The van der Waals surface area contributed by atoms with Crippen LogP contribution in [0.2, 0.25) is 0 Å². The first-order valence-corrected chi connectivity index (χ1v) is 12.8. The van der Waals surface area contributed by atoms with Crippen molar-refractivity contribution in [1.82, 2.24) is 14.9 Å². The number of nitrogens with one attached hydrogen (secondary N) is 2. The van der Waals surface area contributed by atoms with Gasteiger partial charge >= 0.3 is 0 Å². The largest absolute Gasteiger partial charge is 0.378 e. The summed E-state index contributed by atoms with van der Waals surface area (Å²) in [7, 11) is 0. The van der Waals surface area contributed by atoms with Crippen LogP contribution in [0.3, 0.4) is 0 Å². The number of amides is 2. The van der Waals surface area contributed by atoms with Gasteiger partial charge in [0, 0.05) is 55.1 Å². The molecular formula is C27H37N5O4. The molecule has 2 saturated heterocycles. The monoisotopic (exact) mass is 495 g/mol. The normalized spacial score (nSPS) is 20.3. The fourth-order valence-electron chi connectivity index (χ4n) is 5.17. The van der Waals surface area contributed by atoms with E-state index >= 15 is 0 Å². The number of ether oxygens (including phenoxy) is 1. The summed E-state index contributed by atoms with van der Waals surface area (Å²) >= 11 is 0. The highest BCUT2D eigenvalue weighted by Crippen LogP contribution is 2.24. The molecule has 0 aliphatic carbocycles. The molecule has 1 aromatic heterocycles. The molecule has 194 valence electrons. The number of hydrogen-bond acceptors (Lipinski definition) is 6. The first kappa shape index (κ1) is 25.9. The molecule has 2 fully saturated rings. The van der Waals surface area contributed by atoms with E-state index in [1.165, 1.54) is 0 Å². The van der Waals surface area contributed by atoms with Crippen LogP contribution in [0, 0.1) is 25.7 Å². The molecule has 0 saturated carbocycles. The molecule has 0 radical (unpaired) electrons. The van der Waals surface area contributed by atoms with E-state index in [4.69, 9.17) is 4.74 Å². The Morgan fingerprint density at radius 2 is 1.83 bits per heavy atom. The molecule has 9 heteroatoms. The number of aromatic amines is 1. The summed E-state index contributed by atoms with van der Waals surface area (Å²) in [6.07, 6.45) is 1.55. The van der Waals surface area contributed by atoms with Crippen LogP contribution in [0.15, 0.2) is 23.0 Å². The second-order valence-corrected chi connectivity index (χ2v) is 10.3. The lowest BCUT2D eigenvalue weighted by Crippen LogP contribution is -2.42. The van der Waals surface area contributed by atoms with Gasteiger partial charge in [0.25, 0.3) is 11.5 Å². The lowest BCUT2D eigenvalue weighted by Gasteiger charge is -2.35. The number of rotatable bonds is 6. The van der Waals surface area contributed by atoms with Crippen molar-refractivity contribution in [3.05, 3.63) is 50.9 Å². The minimum absolute atomic E-state index is 0.00232. The van der Waals surface area contributed by atoms with Crippen LogP contribution in [0.4, 0.5) is 11.6 Å². The van der Waals surface area contributed by atoms with Gasteiger partial charge in [-0.25, -0.2) is 4.98 Å². The summed E-state index contributed by atoms with van der Waals surface area (Å²) in [5.41, 5.74) is 3.00. The average Bonchev–Trinajstić information content (AvgIpc) is 2.84. The molecule has 4 rings (SSSR count). The van der Waals surface area contributed by atoms with E-state index in [0.717, 1.165) is 25.1 Å². The Hall–Kier alpha value is -3.20. The van der Waals surface area contributed by atoms with E-state index in [-0.39, 0.29) is 30.2 Å². The van der Waals surface area contributed by atoms with E-state index in [2.05, 4.69) is 29.1 Å². The zero-order chi connectivity index (χ0) is 25.8. The molecule has 2 atom stereocenters. The van der Waals surface area contributed by atoms with Crippen LogP contribution in [-0.4, -0.2) is 66.1 Å². The molecule has 2 amide bonds. The van der Waals surface area contributed by atoms with Crippen molar-refractivity contribution in [1.29, 1.82) is 0 Å². The third-order valence-corrected chi connectivity index (χ3v) is 7.04. The first-order chi connectivity index (χ1) is 17.2. The minimum atomic E-state index is -0.217. The van der Waals surface area contributed by atoms with E-state index in [9.17, 15) is 14.4 Å². The molecule has 36 heavy (non-hydrogen) atoms. The zero-order valence-corrected chi connectivity index (χ0v) is 21.7. The number of carbonyl (C=O) groups excluding carboxylic acids is 2. The molecule has 2 N–H and O–H groups in total. The highest BCUT2D eigenvalue weighted by Gasteiger charge is 2.26. The Bertz CT molecular complexity index is 1160. The molecule has 0 spiro atoms. The van der Waals surface area contributed by atoms with Gasteiger partial charge in [-0.3, -0.25) is 19.4 Å². The second-order valence-electron chi connectivity index (χ2n) is 10.3. The molecule has 9 nitrogen and oxygen atoms in total. The Labute approximate surface area is 212 Å². The molecule has 3 heterocycles. The number of benzene rings is 1. The standard InChI is InChI=1S/C27H37N5O4/c1-17-13-18(2)16-32(15-17)26(35)21-6-5-19(3)23(14-21)29-24(33)8-7-22-20(4)28-27(30-25(22)34)31-9-11-36-12-10-31/h5-6,14,17-18H,7-13,15-16H2,1-4H3,(H,29,33)(H,28,30,34). The number of hydrogen-bond donors (Lipinski definition) is 2. The van der Waals surface area contributed by atoms with Gasteiger partial charge in [-0.2, -0.15) is 0 Å². The molecule has 2 aliphatic rings. The highest BCUT2D eigenvalue weighted by atomic mass is 16.5. The van der Waals surface area contributed by atoms with Crippen molar-refractivity contribution in [3.63, 3.8) is 0 Å².